The number of nitrogens with zero attached hydrogens (tertiary/aromatic N) is 9. The molecule has 0 aromatic heterocycles. The summed E-state index contributed by atoms with van der Waals surface area (Å²) in [5, 5.41) is 245. The summed E-state index contributed by atoms with van der Waals surface area (Å²) >= 11 is 0. The fraction of sp³-hybridized carbons (Fsp3) is 0.740. The predicted molar refractivity (Wildman–Crippen MR) is 310 cm³/mol. The van der Waals surface area contributed by atoms with Crippen LogP contribution in [0.5, 0.6) is 0 Å². The minimum absolute atomic E-state index is 0. The Morgan fingerprint density at radius 1 is 0.343 bits per heavy atom. The molecule has 12 unspecified atom stereocenters. The maximum atomic E-state index is 13.2. The predicted octanol–water partition coefficient (Wildman–Crippen LogP) is -23.0. The van der Waals surface area contributed by atoms with Crippen molar-refractivity contribution in [2.24, 2.45) is 20.6 Å². The number of rotatable bonds is 54. The van der Waals surface area contributed by atoms with Crippen molar-refractivity contribution in [3.05, 3.63) is 0 Å². The van der Waals surface area contributed by atoms with Crippen LogP contribution in [0.2, 0.25) is 0 Å². The molecular weight excluding hydrogens is 1500 g/mol. The summed E-state index contributed by atoms with van der Waals surface area (Å²) in [5.41, 5.74) is 0. The normalized spacial score (nSPS) is 16.7. The number of carbonyl (C=O) groups excluding carboxylic acids is 9. The Kier molecular flexibility index (Phi) is 52.6. The molecule has 6 amide bonds. The van der Waals surface area contributed by atoms with Gasteiger partial charge in [-0.15, -0.1) is 0 Å². The Morgan fingerprint density at radius 2 is 0.556 bits per heavy atom. The first kappa shape index (κ1) is 97.1. The van der Waals surface area contributed by atoms with E-state index in [9.17, 15) is 140 Å². The van der Waals surface area contributed by atoms with E-state index >= 15 is 0 Å². The van der Waals surface area contributed by atoms with Gasteiger partial charge in [0.15, 0.2) is 26.4 Å². The fourth-order valence-electron chi connectivity index (χ4n) is 7.33. The van der Waals surface area contributed by atoms with Gasteiger partial charge in [-0.3, -0.25) is 53.3 Å². The minimum atomic E-state index is -2.15. The van der Waals surface area contributed by atoms with E-state index in [1.807, 2.05) is 0 Å². The van der Waals surface area contributed by atoms with Crippen LogP contribution in [-0.2, 0) is 62.5 Å². The molecule has 49 heteroatoms. The van der Waals surface area contributed by atoms with E-state index < -0.39 is 289 Å². The van der Waals surface area contributed by atoms with E-state index in [1.54, 1.807) is 0 Å². The number of carbonyl (C=O) groups is 9. The molecule has 16 atom stereocenters. The quantitative estimate of drug-likeness (QED) is 0.0199. The summed E-state index contributed by atoms with van der Waals surface area (Å²) in [7, 11) is 0. The number of aliphatic hydroxyl groups excluding tert-OH is 20. The van der Waals surface area contributed by atoms with Crippen LogP contribution in [0.15, 0.2) is 20.6 Å². The molecule has 0 rings (SSSR count). The van der Waals surface area contributed by atoms with E-state index in [4.69, 9.17) is 39.8 Å². The van der Waals surface area contributed by atoms with Gasteiger partial charge in [0.05, 0.1) is 82.3 Å². The maximum absolute atomic E-state index is 13.2. The summed E-state index contributed by atoms with van der Waals surface area (Å²) < 4.78 is 0. The van der Waals surface area contributed by atoms with Crippen molar-refractivity contribution in [2.45, 2.75) is 97.7 Å². The molecule has 0 aromatic carbocycles. The second-order valence-corrected chi connectivity index (χ2v) is 20.4. The van der Waals surface area contributed by atoms with Gasteiger partial charge in [0.2, 0.25) is 11.8 Å². The summed E-state index contributed by atoms with van der Waals surface area (Å²) in [6.07, 6.45) is -31.1. The second-order valence-electron chi connectivity index (χ2n) is 20.4. The molecule has 0 saturated heterocycles. The first-order valence-corrected chi connectivity index (χ1v) is 28.5. The van der Waals surface area contributed by atoms with Crippen LogP contribution < -0.4 is 26.0 Å². The summed E-state index contributed by atoms with van der Waals surface area (Å²) in [6.45, 7) is -17.9. The van der Waals surface area contributed by atoms with Gasteiger partial charge in [0.1, 0.15) is 97.7 Å². The first-order valence-electron chi connectivity index (χ1n) is 28.5. The average molecular weight is 1590 g/mol. The monoisotopic (exact) mass is 1590 g/mol. The number of aliphatic carboxylic acids is 3. The summed E-state index contributed by atoms with van der Waals surface area (Å²) in [4.78, 5) is 137. The van der Waals surface area contributed by atoms with Gasteiger partial charge in [0, 0.05) is 72.0 Å². The van der Waals surface area contributed by atoms with Gasteiger partial charge < -0.3 is 167 Å². The Bertz CT molecular complexity index is 2240. The van der Waals surface area contributed by atoms with E-state index in [1.165, 1.54) is 0 Å². The Balaban J connectivity index is -0.0000461. The number of hydrogen-bond acceptors (Lipinski definition) is 43. The van der Waals surface area contributed by atoms with E-state index in [0.29, 0.717) is 34.7 Å². The van der Waals surface area contributed by atoms with Crippen LogP contribution in [0.3, 0.4) is 0 Å². The molecule has 571 valence electrons. The third kappa shape index (κ3) is 40.2. The van der Waals surface area contributed by atoms with Crippen molar-refractivity contribution >= 4 is 78.2 Å². The van der Waals surface area contributed by atoms with Crippen LogP contribution in [0, 0.1) is 39.9 Å². The first-order chi connectivity index (χ1) is 45.6. The number of oxime groups is 4. The topological polar surface area (TPSA) is 786 Å². The zero-order valence-corrected chi connectivity index (χ0v) is 54.5. The van der Waals surface area contributed by atoms with Crippen molar-refractivity contribution in [3.63, 3.8) is 0 Å². The molecule has 0 heterocycles. The number of nitrogens with one attached hydrogen (secondary N) is 2. The number of amides is 6. The molecule has 0 aliphatic heterocycles. The summed E-state index contributed by atoms with van der Waals surface area (Å²) in [5.74, 6) is -12.4. The van der Waals surface area contributed by atoms with Crippen molar-refractivity contribution in [1.82, 2.24) is 35.1 Å². The van der Waals surface area contributed by atoms with Crippen LogP contribution in [0.25, 0.3) is 0 Å². The van der Waals surface area contributed by atoms with E-state index in [-0.39, 0.29) is 45.4 Å². The maximum Gasteiger partial charge on any atom is 3.00 e. The Labute approximate surface area is 592 Å². The molecule has 24 N–H and O–H groups in total. The Morgan fingerprint density at radius 3 is 0.768 bits per heavy atom. The number of hydrogen-bond donors (Lipinski definition) is 22. The minimum Gasteiger partial charge on any atom is -0.549 e. The number of aliphatic hydroxyl groups is 20. The van der Waals surface area contributed by atoms with E-state index in [2.05, 4.69) is 31.3 Å². The van der Waals surface area contributed by atoms with Crippen molar-refractivity contribution in [2.75, 3.05) is 138 Å². The summed E-state index contributed by atoms with van der Waals surface area (Å²) in [6, 6.07) is 0. The largest absolute Gasteiger partial charge is 3.00 e. The smallest absolute Gasteiger partial charge is 0.549 e. The van der Waals surface area contributed by atoms with Crippen molar-refractivity contribution in [3.8, 4) is 0 Å². The van der Waals surface area contributed by atoms with Gasteiger partial charge in [-0.05, 0) is 0 Å². The number of carboxylic acid groups (broad SMARTS) is 3. The average Bonchev–Trinajstić information content (AvgIpc) is 0.948. The third-order valence-corrected chi connectivity index (χ3v) is 12.8. The molecule has 0 bridgehead atoms. The van der Waals surface area contributed by atoms with Crippen LogP contribution in [0.1, 0.15) is 0 Å². The fourth-order valence-corrected chi connectivity index (χ4v) is 7.33. The van der Waals surface area contributed by atoms with Gasteiger partial charge in [0.25, 0.3) is 23.6 Å². The molecule has 0 aliphatic carbocycles. The molecule has 1 radical (unpaired) electrons. The molecule has 0 aliphatic rings. The second kappa shape index (κ2) is 53.7. The SMILES string of the molecule is O.O=C([O-])CN(CCN(CC(=O)[O-])CC(=O)NCCN(C(=O)CO/N=C/C(O)C(O)[C@H](O)C(O)CO)C(=O)CO/N=C/C(O)C(O)[C@H](O)C(O)CO)CCN(CC(=O)[O-])CC(=O)NCCN(C(=O)CO/N=C/C(O)C(O)[C@H](O)C(O)CO)C(=O)CO/N=C/C(O)C(O)[C@H](O)C(O)CO.[Gd+3]. The van der Waals surface area contributed by atoms with Gasteiger partial charge >= 0.3 is 39.9 Å². The number of imide groups is 2. The van der Waals surface area contributed by atoms with Crippen LogP contribution in [0.4, 0.5) is 0 Å². The van der Waals surface area contributed by atoms with Crippen molar-refractivity contribution in [1.29, 1.82) is 0 Å². The molecule has 0 spiro atoms. The molecule has 0 fully saturated rings. The zero-order chi connectivity index (χ0) is 74.1. The van der Waals surface area contributed by atoms with Crippen LogP contribution in [-0.4, -0.2) is 446 Å². The molecular formula is C50H86GdN11O37. The van der Waals surface area contributed by atoms with Gasteiger partial charge in [-0.1, -0.05) is 20.6 Å². The van der Waals surface area contributed by atoms with Gasteiger partial charge in [-0.2, -0.15) is 0 Å². The molecule has 0 aromatic rings. The molecule has 0 saturated carbocycles. The van der Waals surface area contributed by atoms with E-state index in [0.717, 1.165) is 14.7 Å². The molecule has 48 nitrogen and oxygen atoms in total. The molecule has 99 heavy (non-hydrogen) atoms. The van der Waals surface area contributed by atoms with Gasteiger partial charge in [-0.25, -0.2) is 0 Å². The van der Waals surface area contributed by atoms with Crippen LogP contribution >= 0.6 is 0 Å². The Hall–Kier alpha value is -6.13. The third-order valence-electron chi connectivity index (χ3n) is 12.8. The van der Waals surface area contributed by atoms with Crippen molar-refractivity contribution < 1.29 is 225 Å². The zero-order valence-electron chi connectivity index (χ0n) is 52.3. The number of carboxylic acids is 3. The standard InChI is InChI=1S/C50H87N11O36.Gd.H2O/c62-18-30(70)47(90)43(86)26(66)9-53-94-22-36(76)60(37(77)23-95-54-10-27(67)44(87)48(91)31(71)19-63)3-1-51-34(74)13-58(16-41(82)83)7-5-57(15-40(80)81)6-8-59(17-42(84)85)14-35(75)52-2-4-61(38(78)24-96-55-11-28(68)45(88)49(92)32(72)20-64)39(79)25-97-56-12-29(69)46(89)50(93)33(73)21-65;;/h9-12,26-33,43-50,62-73,86-93H,1-8,13-25H2,(H,51,74)(H,52,75)(H,80,81)(H,82,83)(H,84,85);;1H2/q;+3;/p-3/b53-9+,54-10+,55-11+,56-12+;;/t26?,27?,28?,29?,30?,31?,32?,33?,43?,44?,45?,46?,47-,48-,49-,50-;;/m1../s1.